The topological polar surface area (TPSA) is 53.1 Å². The number of benzene rings is 1. The van der Waals surface area contributed by atoms with E-state index < -0.39 is 0 Å². The average Bonchev–Trinajstić information content (AvgIpc) is 2.56. The molecule has 0 spiro atoms. The second kappa shape index (κ2) is 4.94. The highest BCUT2D eigenvalue weighted by atomic mass is 19.1. The van der Waals surface area contributed by atoms with Crippen molar-refractivity contribution in [3.63, 3.8) is 0 Å². The van der Waals surface area contributed by atoms with Crippen molar-refractivity contribution in [2.75, 3.05) is 12.3 Å². The number of aromatic nitrogens is 2. The molecule has 0 bridgehead atoms. The van der Waals surface area contributed by atoms with E-state index in [0.717, 1.165) is 5.52 Å². The number of nitrogen functional groups attached to an aromatic ring is 1. The fourth-order valence-electron chi connectivity index (χ4n) is 1.88. The summed E-state index contributed by atoms with van der Waals surface area (Å²) in [6.07, 6.45) is 0.181. The maximum atomic E-state index is 13.4. The number of imidazole rings is 1. The number of hydrogen-bond donors (Lipinski definition) is 1. The Balaban J connectivity index is 2.31. The van der Waals surface area contributed by atoms with Crippen LogP contribution in [0.1, 0.15) is 19.4 Å². The fraction of sp³-hybridized carbons (Fsp3) is 0.462. The van der Waals surface area contributed by atoms with Crippen LogP contribution < -0.4 is 5.73 Å². The first kappa shape index (κ1) is 12.8. The Morgan fingerprint density at radius 1 is 1.44 bits per heavy atom. The van der Waals surface area contributed by atoms with E-state index in [4.69, 9.17) is 10.5 Å². The van der Waals surface area contributed by atoms with Gasteiger partial charge in [0.05, 0.1) is 23.7 Å². The van der Waals surface area contributed by atoms with Gasteiger partial charge in [0, 0.05) is 12.6 Å². The number of fused-ring (bicyclic) bond motifs is 1. The Kier molecular flexibility index (Phi) is 3.52. The smallest absolute Gasteiger partial charge is 0.201 e. The average molecular weight is 251 g/mol. The molecule has 1 aromatic carbocycles. The van der Waals surface area contributed by atoms with Crippen LogP contribution in [0.4, 0.5) is 10.3 Å². The summed E-state index contributed by atoms with van der Waals surface area (Å²) in [5.41, 5.74) is 7.86. The summed E-state index contributed by atoms with van der Waals surface area (Å²) >= 11 is 0. The third-order valence-electron chi connectivity index (χ3n) is 2.82. The van der Waals surface area contributed by atoms with E-state index in [9.17, 15) is 4.39 Å². The molecule has 0 saturated heterocycles. The Hall–Kier alpha value is -1.62. The van der Waals surface area contributed by atoms with Crippen molar-refractivity contribution >= 4 is 17.0 Å². The molecular weight excluding hydrogens is 233 g/mol. The van der Waals surface area contributed by atoms with E-state index in [1.54, 1.807) is 13.0 Å². The zero-order chi connectivity index (χ0) is 13.3. The first-order chi connectivity index (χ1) is 8.49. The molecular formula is C13H18FN3O. The Morgan fingerprint density at radius 3 is 2.83 bits per heavy atom. The zero-order valence-electron chi connectivity index (χ0n) is 10.9. The summed E-state index contributed by atoms with van der Waals surface area (Å²) in [6.45, 7) is 6.87. The van der Waals surface area contributed by atoms with Gasteiger partial charge in [-0.25, -0.2) is 9.37 Å². The summed E-state index contributed by atoms with van der Waals surface area (Å²) < 4.78 is 20.8. The molecule has 0 amide bonds. The monoisotopic (exact) mass is 251 g/mol. The molecule has 0 unspecified atom stereocenters. The van der Waals surface area contributed by atoms with E-state index in [1.807, 2.05) is 18.4 Å². The lowest BCUT2D eigenvalue weighted by atomic mass is 10.2. The lowest BCUT2D eigenvalue weighted by Crippen LogP contribution is -2.12. The van der Waals surface area contributed by atoms with E-state index in [1.165, 1.54) is 6.07 Å². The van der Waals surface area contributed by atoms with E-state index in [2.05, 4.69) is 4.98 Å². The maximum absolute atomic E-state index is 13.4. The number of nitrogens with zero attached hydrogens (tertiary/aromatic N) is 2. The van der Waals surface area contributed by atoms with E-state index >= 15 is 0 Å². The molecule has 1 heterocycles. The maximum Gasteiger partial charge on any atom is 0.201 e. The van der Waals surface area contributed by atoms with Crippen molar-refractivity contribution in [1.29, 1.82) is 0 Å². The predicted octanol–water partition coefficient (Wildman–Crippen LogP) is 2.49. The van der Waals surface area contributed by atoms with Crippen LogP contribution in [0.3, 0.4) is 0 Å². The summed E-state index contributed by atoms with van der Waals surface area (Å²) in [6, 6.07) is 3.18. The Bertz CT molecular complexity index is 563. The van der Waals surface area contributed by atoms with Crippen molar-refractivity contribution in [1.82, 2.24) is 9.55 Å². The van der Waals surface area contributed by atoms with Crippen LogP contribution >= 0.6 is 0 Å². The normalized spacial score (nSPS) is 11.6. The Morgan fingerprint density at radius 2 is 2.17 bits per heavy atom. The van der Waals surface area contributed by atoms with Crippen molar-refractivity contribution < 1.29 is 9.13 Å². The highest BCUT2D eigenvalue weighted by Crippen LogP contribution is 2.21. The molecule has 0 atom stereocenters. The minimum atomic E-state index is -0.259. The molecule has 4 nitrogen and oxygen atoms in total. The minimum absolute atomic E-state index is 0.181. The summed E-state index contributed by atoms with van der Waals surface area (Å²) in [4.78, 5) is 4.16. The molecule has 18 heavy (non-hydrogen) atoms. The summed E-state index contributed by atoms with van der Waals surface area (Å²) in [5.74, 6) is 0.132. The molecule has 2 rings (SSSR count). The lowest BCUT2D eigenvalue weighted by Gasteiger charge is -2.10. The van der Waals surface area contributed by atoms with Gasteiger partial charge < -0.3 is 15.0 Å². The van der Waals surface area contributed by atoms with Crippen molar-refractivity contribution in [3.8, 4) is 0 Å². The quantitative estimate of drug-likeness (QED) is 0.908. The first-order valence-corrected chi connectivity index (χ1v) is 6.02. The van der Waals surface area contributed by atoms with Gasteiger partial charge in [-0.3, -0.25) is 0 Å². The molecule has 0 aliphatic rings. The number of nitrogens with two attached hydrogens (primary N) is 1. The molecule has 0 aliphatic carbocycles. The molecule has 0 aliphatic heterocycles. The first-order valence-electron chi connectivity index (χ1n) is 6.02. The van der Waals surface area contributed by atoms with Crippen LogP contribution in [0.2, 0.25) is 0 Å². The molecule has 2 aromatic rings. The lowest BCUT2D eigenvalue weighted by molar-refractivity contribution is 0.0735. The van der Waals surface area contributed by atoms with Gasteiger partial charge in [0.1, 0.15) is 5.82 Å². The van der Waals surface area contributed by atoms with Crippen LogP contribution in [0, 0.1) is 12.7 Å². The van der Waals surface area contributed by atoms with Crippen molar-refractivity contribution in [2.24, 2.45) is 0 Å². The number of hydrogen-bond acceptors (Lipinski definition) is 3. The second-order valence-corrected chi connectivity index (χ2v) is 4.63. The zero-order valence-corrected chi connectivity index (χ0v) is 10.9. The second-order valence-electron chi connectivity index (χ2n) is 4.63. The molecule has 1 aromatic heterocycles. The Labute approximate surface area is 106 Å². The van der Waals surface area contributed by atoms with E-state index in [-0.39, 0.29) is 11.9 Å². The fourth-order valence-corrected chi connectivity index (χ4v) is 1.88. The van der Waals surface area contributed by atoms with Crippen LogP contribution in [0.25, 0.3) is 11.0 Å². The van der Waals surface area contributed by atoms with Gasteiger partial charge in [-0.1, -0.05) is 0 Å². The molecule has 0 radical (unpaired) electrons. The van der Waals surface area contributed by atoms with Crippen LogP contribution in [0.15, 0.2) is 12.1 Å². The van der Waals surface area contributed by atoms with Gasteiger partial charge >= 0.3 is 0 Å². The van der Waals surface area contributed by atoms with Gasteiger partial charge in [-0.2, -0.15) is 0 Å². The molecule has 0 saturated carbocycles. The predicted molar refractivity (Wildman–Crippen MR) is 69.9 cm³/mol. The van der Waals surface area contributed by atoms with Crippen LogP contribution in [-0.2, 0) is 11.3 Å². The number of halogens is 1. The molecule has 2 N–H and O–H groups in total. The summed E-state index contributed by atoms with van der Waals surface area (Å²) in [5, 5.41) is 0. The highest BCUT2D eigenvalue weighted by molar-refractivity contribution is 5.79. The van der Waals surface area contributed by atoms with Gasteiger partial charge in [-0.15, -0.1) is 0 Å². The largest absolute Gasteiger partial charge is 0.377 e. The van der Waals surface area contributed by atoms with Gasteiger partial charge in [-0.05, 0) is 32.4 Å². The van der Waals surface area contributed by atoms with Crippen molar-refractivity contribution in [3.05, 3.63) is 23.5 Å². The van der Waals surface area contributed by atoms with Crippen molar-refractivity contribution in [2.45, 2.75) is 33.4 Å². The molecule has 98 valence electrons. The third-order valence-corrected chi connectivity index (χ3v) is 2.82. The van der Waals surface area contributed by atoms with E-state index in [0.29, 0.717) is 30.2 Å². The number of rotatable bonds is 4. The standard InChI is InChI=1S/C13H18FN3O/c1-8(2)18-5-4-17-12-6-9(3)10(14)7-11(12)16-13(17)15/h6-8H,4-5H2,1-3H3,(H2,15,16). The third kappa shape index (κ3) is 2.46. The number of ether oxygens (including phenoxy) is 1. The SMILES string of the molecule is Cc1cc2c(cc1F)nc(N)n2CCOC(C)C. The minimum Gasteiger partial charge on any atom is -0.377 e. The van der Waals surface area contributed by atoms with Crippen LogP contribution in [-0.4, -0.2) is 22.3 Å². The number of anilines is 1. The number of aryl methyl sites for hydroxylation is 1. The van der Waals surface area contributed by atoms with Gasteiger partial charge in [0.25, 0.3) is 0 Å². The van der Waals surface area contributed by atoms with Gasteiger partial charge in [0.2, 0.25) is 5.95 Å². The van der Waals surface area contributed by atoms with Crippen LogP contribution in [0.5, 0.6) is 0 Å². The molecule has 0 fully saturated rings. The molecule has 5 heteroatoms. The highest BCUT2D eigenvalue weighted by Gasteiger charge is 2.10. The van der Waals surface area contributed by atoms with Gasteiger partial charge in [0.15, 0.2) is 0 Å². The summed E-state index contributed by atoms with van der Waals surface area (Å²) in [7, 11) is 0.